The molecule has 7 heteroatoms. The number of rotatable bonds is 4. The summed E-state index contributed by atoms with van der Waals surface area (Å²) < 4.78 is 1.95. The summed E-state index contributed by atoms with van der Waals surface area (Å²) in [6.07, 6.45) is 9.91. The lowest BCUT2D eigenvalue weighted by atomic mass is 9.89. The van der Waals surface area contributed by atoms with Gasteiger partial charge < -0.3 is 10.3 Å². The number of fused-ring (bicyclic) bond motifs is 1. The van der Waals surface area contributed by atoms with Crippen molar-refractivity contribution in [2.45, 2.75) is 25.3 Å². The number of nitriles is 1. The van der Waals surface area contributed by atoms with Crippen molar-refractivity contribution in [1.82, 2.24) is 30.0 Å². The van der Waals surface area contributed by atoms with Crippen molar-refractivity contribution in [2.24, 2.45) is 5.92 Å². The Balaban J connectivity index is 1.68. The van der Waals surface area contributed by atoms with E-state index in [1.165, 1.54) is 0 Å². The summed E-state index contributed by atoms with van der Waals surface area (Å²) >= 11 is 0. The molecule has 24 heavy (non-hydrogen) atoms. The van der Waals surface area contributed by atoms with Gasteiger partial charge in [0.05, 0.1) is 30.4 Å². The van der Waals surface area contributed by atoms with Crippen LogP contribution in [0, 0.1) is 17.2 Å². The molecule has 4 heterocycles. The molecule has 1 fully saturated rings. The van der Waals surface area contributed by atoms with Crippen LogP contribution in [0.4, 0.5) is 0 Å². The third-order valence-electron chi connectivity index (χ3n) is 4.80. The largest absolute Gasteiger partial charge is 0.346 e. The van der Waals surface area contributed by atoms with Crippen LogP contribution in [0.1, 0.15) is 25.3 Å². The lowest BCUT2D eigenvalue weighted by molar-refractivity contribution is 0.247. The summed E-state index contributed by atoms with van der Waals surface area (Å²) in [5.41, 5.74) is 2.65. The Bertz CT molecular complexity index is 866. The van der Waals surface area contributed by atoms with Crippen molar-refractivity contribution < 1.29 is 0 Å². The van der Waals surface area contributed by atoms with Gasteiger partial charge in [-0.15, -0.1) is 0 Å². The van der Waals surface area contributed by atoms with Crippen LogP contribution in [0.25, 0.3) is 22.3 Å². The summed E-state index contributed by atoms with van der Waals surface area (Å²) in [5, 5.41) is 18.1. The maximum atomic E-state index is 9.23. The summed E-state index contributed by atoms with van der Waals surface area (Å²) in [6.45, 7) is 2.02. The molecule has 1 unspecified atom stereocenters. The van der Waals surface area contributed by atoms with Gasteiger partial charge in [0, 0.05) is 23.3 Å². The molecule has 0 aliphatic carbocycles. The molecule has 0 saturated carbocycles. The number of nitrogens with zero attached hydrogens (tertiary/aromatic N) is 5. The third-order valence-corrected chi connectivity index (χ3v) is 4.80. The van der Waals surface area contributed by atoms with E-state index < -0.39 is 0 Å². The van der Waals surface area contributed by atoms with Gasteiger partial charge in [-0.1, -0.05) is 0 Å². The molecule has 0 bridgehead atoms. The molecular formula is C17H19N7. The molecule has 1 aliphatic heterocycles. The first kappa shape index (κ1) is 14.8. The molecule has 3 aromatic rings. The smallest absolute Gasteiger partial charge is 0.141 e. The van der Waals surface area contributed by atoms with Gasteiger partial charge in [0.1, 0.15) is 12.0 Å². The fraction of sp³-hybridized carbons (Fsp3) is 0.412. The van der Waals surface area contributed by atoms with Crippen LogP contribution in [-0.4, -0.2) is 37.8 Å². The number of aromatic nitrogens is 5. The van der Waals surface area contributed by atoms with Crippen LogP contribution in [-0.2, 0) is 0 Å². The van der Waals surface area contributed by atoms with E-state index in [0.717, 1.165) is 48.2 Å². The van der Waals surface area contributed by atoms with Crippen LogP contribution < -0.4 is 5.32 Å². The molecular weight excluding hydrogens is 302 g/mol. The number of hydrogen-bond acceptors (Lipinski definition) is 5. The Labute approximate surface area is 139 Å². The van der Waals surface area contributed by atoms with E-state index in [9.17, 15) is 5.26 Å². The van der Waals surface area contributed by atoms with Gasteiger partial charge in [-0.25, -0.2) is 9.97 Å². The highest BCUT2D eigenvalue weighted by Gasteiger charge is 2.26. The van der Waals surface area contributed by atoms with E-state index >= 15 is 0 Å². The molecule has 1 aliphatic rings. The number of H-pyrrole nitrogens is 1. The van der Waals surface area contributed by atoms with Gasteiger partial charge >= 0.3 is 0 Å². The van der Waals surface area contributed by atoms with E-state index in [2.05, 4.69) is 31.4 Å². The SMILES string of the molecule is N#CCC(C1CCNCC1)n1cc(-c2ncnc3[nH]ccc23)cn1. The maximum Gasteiger partial charge on any atom is 0.141 e. The number of hydrogen-bond donors (Lipinski definition) is 2. The van der Waals surface area contributed by atoms with Gasteiger partial charge in [-0.2, -0.15) is 10.4 Å². The average Bonchev–Trinajstić information content (AvgIpc) is 3.29. The normalized spacial score (nSPS) is 17.0. The first-order valence-electron chi connectivity index (χ1n) is 8.27. The minimum Gasteiger partial charge on any atom is -0.346 e. The van der Waals surface area contributed by atoms with Gasteiger partial charge in [0.2, 0.25) is 0 Å². The second-order valence-corrected chi connectivity index (χ2v) is 6.19. The summed E-state index contributed by atoms with van der Waals surface area (Å²) in [6, 6.07) is 4.42. The van der Waals surface area contributed by atoms with Crippen molar-refractivity contribution >= 4 is 11.0 Å². The third kappa shape index (κ3) is 2.65. The summed E-state index contributed by atoms with van der Waals surface area (Å²) in [7, 11) is 0. The first-order valence-corrected chi connectivity index (χ1v) is 8.27. The van der Waals surface area contributed by atoms with Crippen LogP contribution in [0.5, 0.6) is 0 Å². The molecule has 122 valence electrons. The molecule has 0 spiro atoms. The van der Waals surface area contributed by atoms with Crippen molar-refractivity contribution in [3.8, 4) is 17.3 Å². The number of nitrogens with one attached hydrogen (secondary N) is 2. The molecule has 0 radical (unpaired) electrons. The quantitative estimate of drug-likeness (QED) is 0.768. The van der Waals surface area contributed by atoms with Crippen molar-refractivity contribution in [2.75, 3.05) is 13.1 Å². The van der Waals surface area contributed by atoms with E-state index in [1.54, 1.807) is 6.33 Å². The molecule has 7 nitrogen and oxygen atoms in total. The lowest BCUT2D eigenvalue weighted by Crippen LogP contribution is -2.32. The minimum atomic E-state index is 0.120. The van der Waals surface area contributed by atoms with Crippen LogP contribution in [0.2, 0.25) is 0 Å². The molecule has 1 atom stereocenters. The minimum absolute atomic E-state index is 0.120. The second kappa shape index (κ2) is 6.42. The topological polar surface area (TPSA) is 95.2 Å². The zero-order valence-corrected chi connectivity index (χ0v) is 13.3. The van der Waals surface area contributed by atoms with Crippen molar-refractivity contribution in [3.63, 3.8) is 0 Å². The standard InChI is InChI=1S/C17H19N7/c18-5-1-15(12-2-6-19-7-3-12)24-10-13(9-23-24)16-14-4-8-20-17(14)22-11-21-16/h4,8-12,15,19H,1-3,6-7H2,(H,20,21,22). The van der Waals surface area contributed by atoms with Crippen LogP contribution >= 0.6 is 0 Å². The highest BCUT2D eigenvalue weighted by Crippen LogP contribution is 2.31. The van der Waals surface area contributed by atoms with E-state index in [1.807, 2.05) is 29.3 Å². The van der Waals surface area contributed by atoms with E-state index in [4.69, 9.17) is 0 Å². The Morgan fingerprint density at radius 1 is 1.33 bits per heavy atom. The molecule has 0 aromatic carbocycles. The maximum absolute atomic E-state index is 9.23. The fourth-order valence-electron chi connectivity index (χ4n) is 3.54. The highest BCUT2D eigenvalue weighted by atomic mass is 15.3. The molecule has 3 aromatic heterocycles. The second-order valence-electron chi connectivity index (χ2n) is 6.19. The fourth-order valence-corrected chi connectivity index (χ4v) is 3.54. The van der Waals surface area contributed by atoms with Crippen molar-refractivity contribution in [3.05, 3.63) is 31.0 Å². The van der Waals surface area contributed by atoms with Crippen LogP contribution in [0.3, 0.4) is 0 Å². The highest BCUT2D eigenvalue weighted by molar-refractivity contribution is 5.89. The lowest BCUT2D eigenvalue weighted by Gasteiger charge is -2.29. The zero-order valence-electron chi connectivity index (χ0n) is 13.3. The summed E-state index contributed by atoms with van der Waals surface area (Å²) in [5.74, 6) is 0.483. The first-order chi connectivity index (χ1) is 11.9. The van der Waals surface area contributed by atoms with Crippen LogP contribution in [0.15, 0.2) is 31.0 Å². The van der Waals surface area contributed by atoms with Gasteiger partial charge in [-0.05, 0) is 37.9 Å². The Morgan fingerprint density at radius 3 is 3.04 bits per heavy atom. The monoisotopic (exact) mass is 321 g/mol. The Kier molecular flexibility index (Phi) is 3.97. The molecule has 1 saturated heterocycles. The van der Waals surface area contributed by atoms with E-state index in [0.29, 0.717) is 12.3 Å². The molecule has 2 N–H and O–H groups in total. The Hall–Kier alpha value is -2.72. The van der Waals surface area contributed by atoms with Gasteiger partial charge in [0.25, 0.3) is 0 Å². The van der Waals surface area contributed by atoms with Gasteiger partial charge in [-0.3, -0.25) is 4.68 Å². The zero-order chi connectivity index (χ0) is 16.4. The molecule has 0 amide bonds. The average molecular weight is 321 g/mol. The van der Waals surface area contributed by atoms with Crippen molar-refractivity contribution in [1.29, 1.82) is 5.26 Å². The number of aromatic amines is 1. The van der Waals surface area contributed by atoms with E-state index in [-0.39, 0.29) is 6.04 Å². The predicted octanol–water partition coefficient (Wildman–Crippen LogP) is 2.28. The summed E-state index contributed by atoms with van der Waals surface area (Å²) in [4.78, 5) is 11.8. The van der Waals surface area contributed by atoms with Gasteiger partial charge in [0.15, 0.2) is 0 Å². The molecule has 4 rings (SSSR count). The predicted molar refractivity (Wildman–Crippen MR) is 90.0 cm³/mol. The Morgan fingerprint density at radius 2 is 2.21 bits per heavy atom. The number of piperidine rings is 1.